The van der Waals surface area contributed by atoms with Gasteiger partial charge < -0.3 is 15.2 Å². The summed E-state index contributed by atoms with van der Waals surface area (Å²) in [6, 6.07) is 12.2. The number of aliphatic carboxylic acids is 1. The number of hydrogen-bond donors (Lipinski definition) is 2. The summed E-state index contributed by atoms with van der Waals surface area (Å²) in [5, 5.41) is 22.0. The monoisotopic (exact) mass is 517 g/mol. The number of hydrogen-bond acceptors (Lipinski definition) is 7. The molecule has 2 N–H and O–H groups in total. The third kappa shape index (κ3) is 4.45. The Morgan fingerprint density at radius 1 is 1.08 bits per heavy atom. The van der Waals surface area contributed by atoms with Crippen molar-refractivity contribution >= 4 is 40.0 Å². The normalized spacial score (nSPS) is 13.4. The van der Waals surface area contributed by atoms with Crippen molar-refractivity contribution in [1.29, 1.82) is 5.26 Å². The Balaban J connectivity index is 1.70. The third-order valence-corrected chi connectivity index (χ3v) is 7.22. The van der Waals surface area contributed by atoms with Crippen LogP contribution in [0.1, 0.15) is 55.4 Å². The molecule has 0 saturated heterocycles. The van der Waals surface area contributed by atoms with Gasteiger partial charge in [-0.3, -0.25) is 14.4 Å². The number of nitrogens with zero attached hydrogens (tertiary/aromatic N) is 2. The summed E-state index contributed by atoms with van der Waals surface area (Å²) in [7, 11) is 1.55. The number of ether oxygens (including phenoxy) is 1. The lowest BCUT2D eigenvalue weighted by atomic mass is 10.0. The Hall–Kier alpha value is -4.49. The van der Waals surface area contributed by atoms with Crippen molar-refractivity contribution in [2.75, 3.05) is 12.0 Å². The van der Waals surface area contributed by atoms with Gasteiger partial charge in [0.2, 0.25) is 0 Å². The second-order valence-electron chi connectivity index (χ2n) is 8.79. The molecule has 0 radical (unpaired) electrons. The van der Waals surface area contributed by atoms with Gasteiger partial charge >= 0.3 is 5.97 Å². The largest absolute Gasteiger partial charge is 0.497 e. The maximum atomic E-state index is 13.4. The van der Waals surface area contributed by atoms with E-state index in [2.05, 4.69) is 11.4 Å². The Labute approximate surface area is 216 Å². The molecule has 1 unspecified atom stereocenters. The first-order chi connectivity index (χ1) is 17.6. The number of methoxy groups -OCH3 is 1. The number of rotatable bonds is 7. The molecular formula is C27H23N3O6S. The summed E-state index contributed by atoms with van der Waals surface area (Å²) in [4.78, 5) is 52.5. The fourth-order valence-corrected chi connectivity index (χ4v) is 5.32. The fourth-order valence-electron chi connectivity index (χ4n) is 4.20. The van der Waals surface area contributed by atoms with E-state index in [1.54, 1.807) is 45.2 Å². The smallest absolute Gasteiger partial charge is 0.326 e. The minimum absolute atomic E-state index is 0.00927. The van der Waals surface area contributed by atoms with Crippen LogP contribution in [0.2, 0.25) is 0 Å². The zero-order valence-electron chi connectivity index (χ0n) is 20.5. The summed E-state index contributed by atoms with van der Waals surface area (Å²) in [5.41, 5.74) is 1.72. The van der Waals surface area contributed by atoms with Crippen LogP contribution in [0.3, 0.4) is 0 Å². The predicted octanol–water partition coefficient (Wildman–Crippen LogP) is 4.24. The lowest BCUT2D eigenvalue weighted by Gasteiger charge is -2.18. The second-order valence-corrected chi connectivity index (χ2v) is 10.00. The van der Waals surface area contributed by atoms with Crippen molar-refractivity contribution in [1.82, 2.24) is 5.32 Å². The van der Waals surface area contributed by atoms with Crippen LogP contribution in [0, 0.1) is 24.2 Å². The van der Waals surface area contributed by atoms with Gasteiger partial charge in [0.15, 0.2) is 0 Å². The Kier molecular flexibility index (Phi) is 6.83. The van der Waals surface area contributed by atoms with Crippen LogP contribution in [-0.2, 0) is 4.79 Å². The summed E-state index contributed by atoms with van der Waals surface area (Å²) in [5.74, 6) is -2.82. The van der Waals surface area contributed by atoms with E-state index < -0.39 is 29.7 Å². The average Bonchev–Trinajstić information content (AvgIpc) is 3.33. The molecule has 9 nitrogen and oxygen atoms in total. The van der Waals surface area contributed by atoms with Crippen LogP contribution in [0.15, 0.2) is 42.5 Å². The molecule has 2 aromatic carbocycles. The number of fused-ring (bicyclic) bond motifs is 1. The molecular weight excluding hydrogens is 494 g/mol. The van der Waals surface area contributed by atoms with Crippen molar-refractivity contribution in [3.8, 4) is 22.9 Å². The number of thiophene rings is 1. The van der Waals surface area contributed by atoms with Gasteiger partial charge in [-0.2, -0.15) is 5.26 Å². The van der Waals surface area contributed by atoms with E-state index >= 15 is 0 Å². The van der Waals surface area contributed by atoms with Gasteiger partial charge in [0.25, 0.3) is 17.7 Å². The number of carbonyl (C=O) groups is 4. The number of carboxylic acids is 1. The molecule has 2 heterocycles. The van der Waals surface area contributed by atoms with E-state index in [1.807, 2.05) is 6.92 Å². The number of nitriles is 1. The highest BCUT2D eigenvalue weighted by atomic mass is 32.1. The van der Waals surface area contributed by atoms with Gasteiger partial charge in [-0.25, -0.2) is 9.69 Å². The number of aryl methyl sites for hydroxylation is 1. The van der Waals surface area contributed by atoms with Crippen molar-refractivity contribution in [2.24, 2.45) is 5.92 Å². The standard InChI is InChI=1S/C27H23N3O6S/c1-13(2)22(27(34)35)29-23(31)16-7-10-18-19(11-16)25(33)30(24(18)32)26-20(12-28)21(14(3)37-26)15-5-8-17(36-4)9-6-15/h5-11,13,22H,1-4H3,(H,29,31)(H,34,35). The molecule has 1 aliphatic heterocycles. The summed E-state index contributed by atoms with van der Waals surface area (Å²) in [6.07, 6.45) is 0. The minimum atomic E-state index is -1.17. The molecule has 1 aromatic heterocycles. The van der Waals surface area contributed by atoms with Crippen LogP contribution in [0.25, 0.3) is 11.1 Å². The predicted molar refractivity (Wildman–Crippen MR) is 137 cm³/mol. The number of carboxylic acid groups (broad SMARTS) is 1. The minimum Gasteiger partial charge on any atom is -0.497 e. The number of anilines is 1. The zero-order valence-corrected chi connectivity index (χ0v) is 21.3. The molecule has 1 atom stereocenters. The zero-order chi connectivity index (χ0) is 27.0. The third-order valence-electron chi connectivity index (χ3n) is 6.13. The molecule has 0 saturated carbocycles. The molecule has 1 aliphatic rings. The highest BCUT2D eigenvalue weighted by molar-refractivity contribution is 7.17. The summed E-state index contributed by atoms with van der Waals surface area (Å²) >= 11 is 1.16. The van der Waals surface area contributed by atoms with Crippen LogP contribution in [-0.4, -0.2) is 41.9 Å². The van der Waals surface area contributed by atoms with Gasteiger partial charge in [-0.1, -0.05) is 26.0 Å². The fraction of sp³-hybridized carbons (Fsp3) is 0.222. The highest BCUT2D eigenvalue weighted by Gasteiger charge is 2.40. The Morgan fingerprint density at radius 2 is 1.73 bits per heavy atom. The topological polar surface area (TPSA) is 137 Å². The molecule has 0 fully saturated rings. The van der Waals surface area contributed by atoms with Gasteiger partial charge in [-0.15, -0.1) is 11.3 Å². The van der Waals surface area contributed by atoms with Gasteiger partial charge in [-0.05, 0) is 48.7 Å². The molecule has 0 bridgehead atoms. The van der Waals surface area contributed by atoms with Crippen molar-refractivity contribution in [3.63, 3.8) is 0 Å². The number of imide groups is 1. The van der Waals surface area contributed by atoms with Crippen LogP contribution in [0.4, 0.5) is 5.00 Å². The van der Waals surface area contributed by atoms with E-state index in [0.717, 1.165) is 26.7 Å². The van der Waals surface area contributed by atoms with E-state index in [0.29, 0.717) is 11.3 Å². The van der Waals surface area contributed by atoms with Gasteiger partial charge in [0, 0.05) is 16.0 Å². The average molecular weight is 518 g/mol. The van der Waals surface area contributed by atoms with Crippen LogP contribution < -0.4 is 15.0 Å². The first-order valence-corrected chi connectivity index (χ1v) is 12.1. The lowest BCUT2D eigenvalue weighted by Crippen LogP contribution is -2.44. The van der Waals surface area contributed by atoms with Gasteiger partial charge in [0.05, 0.1) is 23.8 Å². The first kappa shape index (κ1) is 25.6. The van der Waals surface area contributed by atoms with Crippen molar-refractivity contribution < 1.29 is 29.0 Å². The molecule has 4 rings (SSSR count). The number of nitrogens with one attached hydrogen (secondary N) is 1. The quantitative estimate of drug-likeness (QED) is 0.447. The maximum absolute atomic E-state index is 13.4. The first-order valence-electron chi connectivity index (χ1n) is 11.3. The molecule has 3 amide bonds. The number of amides is 3. The summed E-state index contributed by atoms with van der Waals surface area (Å²) in [6.45, 7) is 5.14. The SMILES string of the molecule is COc1ccc(-c2c(C)sc(N3C(=O)c4ccc(C(=O)NC(C(=O)O)C(C)C)cc4C3=O)c2C#N)cc1. The van der Waals surface area contributed by atoms with E-state index in [-0.39, 0.29) is 33.2 Å². The molecule has 188 valence electrons. The number of carbonyl (C=O) groups excluding carboxylic acids is 3. The van der Waals surface area contributed by atoms with E-state index in [9.17, 15) is 29.5 Å². The number of benzene rings is 2. The maximum Gasteiger partial charge on any atom is 0.326 e. The molecule has 37 heavy (non-hydrogen) atoms. The van der Waals surface area contributed by atoms with Crippen LogP contribution >= 0.6 is 11.3 Å². The van der Waals surface area contributed by atoms with E-state index in [1.165, 1.54) is 18.2 Å². The molecule has 0 spiro atoms. The van der Waals surface area contributed by atoms with E-state index in [4.69, 9.17) is 4.74 Å². The van der Waals surface area contributed by atoms with Crippen LogP contribution in [0.5, 0.6) is 5.75 Å². The summed E-state index contributed by atoms with van der Waals surface area (Å²) < 4.78 is 5.20. The highest BCUT2D eigenvalue weighted by Crippen LogP contribution is 2.44. The molecule has 10 heteroatoms. The molecule has 0 aliphatic carbocycles. The Morgan fingerprint density at radius 3 is 2.30 bits per heavy atom. The second kappa shape index (κ2) is 9.87. The molecule has 3 aromatic rings. The van der Waals surface area contributed by atoms with Crippen molar-refractivity contribution in [3.05, 3.63) is 69.6 Å². The van der Waals surface area contributed by atoms with Gasteiger partial charge in [0.1, 0.15) is 22.9 Å². The lowest BCUT2D eigenvalue weighted by molar-refractivity contribution is -0.140. The Bertz CT molecular complexity index is 1480. The van der Waals surface area contributed by atoms with Crippen molar-refractivity contribution in [2.45, 2.75) is 26.8 Å².